The number of fused-ring (bicyclic) bond motifs is 1. The van der Waals surface area contributed by atoms with E-state index >= 15 is 0 Å². The summed E-state index contributed by atoms with van der Waals surface area (Å²) in [7, 11) is 0. The lowest BCUT2D eigenvalue weighted by molar-refractivity contribution is -0.384. The molecule has 32 heavy (non-hydrogen) atoms. The number of anilines is 1. The van der Waals surface area contributed by atoms with Crippen LogP contribution in [0.15, 0.2) is 65.1 Å². The summed E-state index contributed by atoms with van der Waals surface area (Å²) < 4.78 is 5.87. The minimum atomic E-state index is -0.563. The molecule has 0 bridgehead atoms. The summed E-state index contributed by atoms with van der Waals surface area (Å²) in [5.41, 5.74) is 5.06. The molecule has 4 aromatic rings. The Morgan fingerprint density at radius 1 is 1.06 bits per heavy atom. The average Bonchev–Trinajstić information content (AvgIpc) is 3.19. The van der Waals surface area contributed by atoms with Crippen LogP contribution in [0.2, 0.25) is 0 Å². The van der Waals surface area contributed by atoms with E-state index in [-0.39, 0.29) is 16.4 Å². The Hall–Kier alpha value is -4.11. The van der Waals surface area contributed by atoms with Crippen LogP contribution in [-0.4, -0.2) is 20.9 Å². The van der Waals surface area contributed by atoms with E-state index in [4.69, 9.17) is 16.6 Å². The molecule has 0 saturated carbocycles. The fraction of sp³-hybridized carbons (Fsp3) is 0.0870. The second-order valence-electron chi connectivity index (χ2n) is 7.22. The predicted molar refractivity (Wildman–Crippen MR) is 126 cm³/mol. The van der Waals surface area contributed by atoms with Gasteiger partial charge in [-0.2, -0.15) is 0 Å². The number of nitrogens with one attached hydrogen (secondary N) is 2. The number of carbonyl (C=O) groups excluding carboxylic acids is 1. The van der Waals surface area contributed by atoms with Gasteiger partial charge in [-0.1, -0.05) is 12.1 Å². The summed E-state index contributed by atoms with van der Waals surface area (Å²) in [5.74, 6) is -0.0347. The normalized spacial score (nSPS) is 10.7. The van der Waals surface area contributed by atoms with Crippen molar-refractivity contribution in [2.45, 2.75) is 13.8 Å². The predicted octanol–water partition coefficient (Wildman–Crippen LogP) is 5.15. The molecule has 160 valence electrons. The number of nitrogens with zero attached hydrogens (tertiary/aromatic N) is 2. The van der Waals surface area contributed by atoms with Crippen molar-refractivity contribution in [3.8, 4) is 11.5 Å². The lowest BCUT2D eigenvalue weighted by atomic mass is 10.1. The van der Waals surface area contributed by atoms with Gasteiger partial charge in [0.2, 0.25) is 5.89 Å². The molecule has 0 aliphatic heterocycles. The summed E-state index contributed by atoms with van der Waals surface area (Å²) in [6, 6.07) is 16.7. The Bertz CT molecular complexity index is 1380. The van der Waals surface area contributed by atoms with Crippen LogP contribution >= 0.6 is 12.2 Å². The molecular weight excluding hydrogens is 428 g/mol. The highest BCUT2D eigenvalue weighted by molar-refractivity contribution is 7.80. The van der Waals surface area contributed by atoms with Crippen molar-refractivity contribution in [3.05, 3.63) is 87.5 Å². The number of rotatable bonds is 4. The number of aromatic nitrogens is 1. The highest BCUT2D eigenvalue weighted by Crippen LogP contribution is 2.27. The van der Waals surface area contributed by atoms with Crippen molar-refractivity contribution in [3.63, 3.8) is 0 Å². The molecule has 1 aromatic heterocycles. The van der Waals surface area contributed by atoms with Crippen molar-refractivity contribution >= 4 is 45.7 Å². The van der Waals surface area contributed by atoms with Crippen LogP contribution < -0.4 is 10.6 Å². The van der Waals surface area contributed by atoms with Gasteiger partial charge in [-0.3, -0.25) is 20.2 Å². The van der Waals surface area contributed by atoms with Gasteiger partial charge in [0.25, 0.3) is 11.6 Å². The molecule has 4 rings (SSSR count). The van der Waals surface area contributed by atoms with E-state index in [9.17, 15) is 14.9 Å². The molecule has 1 amide bonds. The first-order valence-electron chi connectivity index (χ1n) is 9.65. The number of thiocarbonyl (C=S) groups is 1. The van der Waals surface area contributed by atoms with Gasteiger partial charge in [-0.15, -0.1) is 0 Å². The third-order valence-corrected chi connectivity index (χ3v) is 5.15. The van der Waals surface area contributed by atoms with Gasteiger partial charge in [-0.05, 0) is 73.6 Å². The number of nitro groups is 1. The number of benzene rings is 3. The number of amides is 1. The monoisotopic (exact) mass is 446 g/mol. The van der Waals surface area contributed by atoms with Crippen molar-refractivity contribution in [1.82, 2.24) is 10.3 Å². The molecule has 9 heteroatoms. The highest BCUT2D eigenvalue weighted by Gasteiger charge is 2.14. The highest BCUT2D eigenvalue weighted by atomic mass is 32.1. The molecule has 3 aromatic carbocycles. The zero-order chi connectivity index (χ0) is 22.8. The molecular formula is C23H18N4O4S. The fourth-order valence-electron chi connectivity index (χ4n) is 3.10. The fourth-order valence-corrected chi connectivity index (χ4v) is 3.31. The van der Waals surface area contributed by atoms with Crippen LogP contribution in [0.4, 0.5) is 11.4 Å². The molecule has 0 aliphatic carbocycles. The van der Waals surface area contributed by atoms with Crippen molar-refractivity contribution in [2.24, 2.45) is 0 Å². The van der Waals surface area contributed by atoms with Gasteiger partial charge in [0.05, 0.1) is 4.92 Å². The quantitative estimate of drug-likeness (QED) is 0.253. The lowest BCUT2D eigenvalue weighted by Gasteiger charge is -2.09. The summed E-state index contributed by atoms with van der Waals surface area (Å²) in [5, 5.41) is 16.4. The van der Waals surface area contributed by atoms with Gasteiger partial charge in [0.15, 0.2) is 10.7 Å². The largest absolute Gasteiger partial charge is 0.436 e. The second kappa shape index (κ2) is 8.56. The third-order valence-electron chi connectivity index (χ3n) is 4.95. The number of oxazole rings is 1. The number of carbonyl (C=O) groups is 1. The topological polar surface area (TPSA) is 110 Å². The van der Waals surface area contributed by atoms with Gasteiger partial charge in [0, 0.05) is 28.9 Å². The Labute approximate surface area is 188 Å². The Morgan fingerprint density at radius 2 is 1.88 bits per heavy atom. The van der Waals surface area contributed by atoms with E-state index in [1.54, 1.807) is 18.2 Å². The first-order valence-corrected chi connectivity index (χ1v) is 10.1. The first kappa shape index (κ1) is 21.1. The number of hydrogen-bond acceptors (Lipinski definition) is 6. The Kier molecular flexibility index (Phi) is 5.65. The van der Waals surface area contributed by atoms with Gasteiger partial charge in [-0.25, -0.2) is 4.98 Å². The summed E-state index contributed by atoms with van der Waals surface area (Å²) >= 11 is 5.21. The minimum absolute atomic E-state index is 0.0544. The van der Waals surface area contributed by atoms with E-state index in [1.165, 1.54) is 29.8 Å². The van der Waals surface area contributed by atoms with E-state index in [0.29, 0.717) is 22.7 Å². The second-order valence-corrected chi connectivity index (χ2v) is 7.62. The number of non-ortho nitro benzene ring substituents is 1. The Morgan fingerprint density at radius 3 is 2.62 bits per heavy atom. The first-order chi connectivity index (χ1) is 15.3. The minimum Gasteiger partial charge on any atom is -0.436 e. The van der Waals surface area contributed by atoms with Crippen molar-refractivity contribution in [2.75, 3.05) is 5.32 Å². The van der Waals surface area contributed by atoms with Crippen LogP contribution in [-0.2, 0) is 0 Å². The van der Waals surface area contributed by atoms with E-state index in [2.05, 4.69) is 15.6 Å². The molecule has 1 heterocycles. The maximum atomic E-state index is 12.4. The van der Waals surface area contributed by atoms with Crippen molar-refractivity contribution < 1.29 is 14.1 Å². The summed E-state index contributed by atoms with van der Waals surface area (Å²) in [6.45, 7) is 4.08. The molecule has 8 nitrogen and oxygen atoms in total. The molecule has 0 aliphatic rings. The molecule has 0 saturated heterocycles. The van der Waals surface area contributed by atoms with Gasteiger partial charge < -0.3 is 9.73 Å². The van der Waals surface area contributed by atoms with Crippen LogP contribution in [0.1, 0.15) is 21.5 Å². The molecule has 0 unspecified atom stereocenters. The number of hydrogen-bond donors (Lipinski definition) is 2. The van der Waals surface area contributed by atoms with E-state index < -0.39 is 10.8 Å². The maximum absolute atomic E-state index is 12.4. The number of aryl methyl sites for hydroxylation is 2. The maximum Gasteiger partial charge on any atom is 0.270 e. The zero-order valence-electron chi connectivity index (χ0n) is 17.2. The molecule has 0 atom stereocenters. The molecule has 0 spiro atoms. The average molecular weight is 446 g/mol. The standard InChI is InChI=1S/C23H18N4O4S/c1-13-6-7-16(10-14(13)2)22-25-19-12-17(8-9-20(19)31-22)24-23(32)26-21(28)15-4-3-5-18(11-15)27(29)30/h3-12H,1-2H3,(H2,24,26,28,32). The molecule has 0 radical (unpaired) electrons. The van der Waals surface area contributed by atoms with E-state index in [1.807, 2.05) is 32.0 Å². The summed E-state index contributed by atoms with van der Waals surface area (Å²) in [4.78, 5) is 27.2. The van der Waals surface area contributed by atoms with Crippen molar-refractivity contribution in [1.29, 1.82) is 0 Å². The summed E-state index contributed by atoms with van der Waals surface area (Å²) in [6.07, 6.45) is 0. The third kappa shape index (κ3) is 4.47. The molecule has 0 fully saturated rings. The zero-order valence-corrected chi connectivity index (χ0v) is 18.0. The van der Waals surface area contributed by atoms with Crippen LogP contribution in [0, 0.1) is 24.0 Å². The van der Waals surface area contributed by atoms with Gasteiger partial charge in [0.1, 0.15) is 5.52 Å². The van der Waals surface area contributed by atoms with Gasteiger partial charge >= 0.3 is 0 Å². The van der Waals surface area contributed by atoms with Crippen LogP contribution in [0.25, 0.3) is 22.6 Å². The number of nitro benzene ring substituents is 1. The SMILES string of the molecule is Cc1ccc(-c2nc3cc(NC(=S)NC(=O)c4cccc([N+](=O)[O-])c4)ccc3o2)cc1C. The van der Waals surface area contributed by atoms with Crippen LogP contribution in [0.3, 0.4) is 0 Å². The Balaban J connectivity index is 1.48. The molecule has 2 N–H and O–H groups in total. The van der Waals surface area contributed by atoms with Crippen LogP contribution in [0.5, 0.6) is 0 Å². The van der Waals surface area contributed by atoms with E-state index in [0.717, 1.165) is 11.1 Å². The smallest absolute Gasteiger partial charge is 0.270 e. The lowest BCUT2D eigenvalue weighted by Crippen LogP contribution is -2.34.